The fraction of sp³-hybridized carbons (Fsp3) is 0.333. The van der Waals surface area contributed by atoms with Crippen molar-refractivity contribution in [1.82, 2.24) is 9.97 Å². The summed E-state index contributed by atoms with van der Waals surface area (Å²) in [6.45, 7) is 4.33. The smallest absolute Gasteiger partial charge is 0.260 e. The highest BCUT2D eigenvalue weighted by molar-refractivity contribution is 7.18. The molecule has 0 aliphatic heterocycles. The number of H-pyrrole nitrogens is 1. The van der Waals surface area contributed by atoms with Gasteiger partial charge in [-0.3, -0.25) is 4.79 Å². The van der Waals surface area contributed by atoms with Crippen molar-refractivity contribution >= 4 is 21.6 Å². The molecular formula is C18H18N2OS. The number of aromatic nitrogens is 2. The van der Waals surface area contributed by atoms with Gasteiger partial charge in [-0.25, -0.2) is 4.98 Å². The van der Waals surface area contributed by atoms with E-state index in [-0.39, 0.29) is 5.56 Å². The lowest BCUT2D eigenvalue weighted by molar-refractivity contribution is 0.509. The molecule has 2 aromatic heterocycles. The quantitative estimate of drug-likeness (QED) is 0.736. The van der Waals surface area contributed by atoms with Gasteiger partial charge in [0.25, 0.3) is 5.56 Å². The molecule has 4 heteroatoms. The van der Waals surface area contributed by atoms with Gasteiger partial charge in [0.05, 0.1) is 5.39 Å². The number of rotatable bonds is 1. The number of fused-ring (bicyclic) bond motifs is 3. The second kappa shape index (κ2) is 5.06. The maximum absolute atomic E-state index is 12.6. The van der Waals surface area contributed by atoms with Crippen LogP contribution in [0.25, 0.3) is 21.6 Å². The van der Waals surface area contributed by atoms with Crippen molar-refractivity contribution in [2.45, 2.75) is 33.1 Å². The van der Waals surface area contributed by atoms with Gasteiger partial charge in [0.15, 0.2) is 0 Å². The van der Waals surface area contributed by atoms with Gasteiger partial charge in [-0.1, -0.05) is 36.8 Å². The maximum atomic E-state index is 12.6. The lowest BCUT2D eigenvalue weighted by Crippen LogP contribution is -2.13. The summed E-state index contributed by atoms with van der Waals surface area (Å²) in [5.74, 6) is 1.38. The number of aromatic amines is 1. The fourth-order valence-electron chi connectivity index (χ4n) is 3.20. The molecule has 0 amide bonds. The lowest BCUT2D eigenvalue weighted by atomic mass is 9.89. The third-order valence-corrected chi connectivity index (χ3v) is 5.64. The highest BCUT2D eigenvalue weighted by Crippen LogP contribution is 2.36. The van der Waals surface area contributed by atoms with Crippen LogP contribution in [0.3, 0.4) is 0 Å². The third-order valence-electron chi connectivity index (χ3n) is 4.49. The van der Waals surface area contributed by atoms with Crippen LogP contribution in [0.4, 0.5) is 0 Å². The molecule has 0 saturated heterocycles. The summed E-state index contributed by atoms with van der Waals surface area (Å²) in [6.07, 6.45) is 3.25. The minimum atomic E-state index is 0.00706. The lowest BCUT2D eigenvalue weighted by Gasteiger charge is -2.17. The molecule has 0 bridgehead atoms. The predicted octanol–water partition coefficient (Wildman–Crippen LogP) is 4.08. The first-order valence-electron chi connectivity index (χ1n) is 7.73. The van der Waals surface area contributed by atoms with Crippen LogP contribution < -0.4 is 5.56 Å². The van der Waals surface area contributed by atoms with Crippen molar-refractivity contribution in [3.63, 3.8) is 0 Å². The number of thiophene rings is 1. The Hall–Kier alpha value is -1.94. The first-order chi connectivity index (χ1) is 10.6. The summed E-state index contributed by atoms with van der Waals surface area (Å²) in [5, 5.41) is 0.822. The standard InChI is InChI=1S/C18H18N2OS/c1-10-3-6-12(7-4-10)16-19-17(21)15-13-8-5-11(2)9-14(13)22-18(15)20-16/h3-4,6-7,11H,5,8-9H2,1-2H3,(H,19,20,21)/t11-/m0/s1. The van der Waals surface area contributed by atoms with Gasteiger partial charge in [-0.2, -0.15) is 0 Å². The summed E-state index contributed by atoms with van der Waals surface area (Å²) < 4.78 is 0. The van der Waals surface area contributed by atoms with Gasteiger partial charge in [0.2, 0.25) is 0 Å². The molecule has 1 aliphatic rings. The Morgan fingerprint density at radius 1 is 1.27 bits per heavy atom. The van der Waals surface area contributed by atoms with Crippen molar-refractivity contribution in [2.75, 3.05) is 0 Å². The van der Waals surface area contributed by atoms with Crippen LogP contribution >= 0.6 is 11.3 Å². The molecule has 1 atom stereocenters. The number of hydrogen-bond acceptors (Lipinski definition) is 3. The summed E-state index contributed by atoms with van der Waals surface area (Å²) in [4.78, 5) is 22.5. The van der Waals surface area contributed by atoms with Crippen molar-refractivity contribution in [1.29, 1.82) is 0 Å². The Morgan fingerprint density at radius 3 is 2.82 bits per heavy atom. The Morgan fingerprint density at radius 2 is 2.05 bits per heavy atom. The largest absolute Gasteiger partial charge is 0.306 e. The van der Waals surface area contributed by atoms with E-state index in [9.17, 15) is 4.79 Å². The second-order valence-electron chi connectivity index (χ2n) is 6.31. The van der Waals surface area contributed by atoms with Crippen LogP contribution in [0.2, 0.25) is 0 Å². The van der Waals surface area contributed by atoms with E-state index in [1.807, 2.05) is 24.3 Å². The number of nitrogens with one attached hydrogen (secondary N) is 1. The molecule has 2 heterocycles. The zero-order valence-electron chi connectivity index (χ0n) is 12.8. The van der Waals surface area contributed by atoms with Gasteiger partial charge in [0.1, 0.15) is 10.7 Å². The first kappa shape index (κ1) is 13.7. The molecular weight excluding hydrogens is 292 g/mol. The molecule has 1 N–H and O–H groups in total. The van der Waals surface area contributed by atoms with Crippen LogP contribution in [0.5, 0.6) is 0 Å². The van der Waals surface area contributed by atoms with Crippen LogP contribution in [0.15, 0.2) is 29.1 Å². The molecule has 0 spiro atoms. The van der Waals surface area contributed by atoms with Crippen LogP contribution in [-0.2, 0) is 12.8 Å². The van der Waals surface area contributed by atoms with Crippen molar-refractivity contribution in [3.8, 4) is 11.4 Å². The van der Waals surface area contributed by atoms with Crippen LogP contribution in [0, 0.1) is 12.8 Å². The van der Waals surface area contributed by atoms with Crippen LogP contribution in [0.1, 0.15) is 29.3 Å². The van der Waals surface area contributed by atoms with Gasteiger partial charge >= 0.3 is 0 Å². The Labute approximate surface area is 133 Å². The van der Waals surface area contributed by atoms with E-state index in [1.165, 1.54) is 16.0 Å². The van der Waals surface area contributed by atoms with Gasteiger partial charge in [-0.05, 0) is 37.7 Å². The van der Waals surface area contributed by atoms with Crippen molar-refractivity contribution in [2.24, 2.45) is 5.92 Å². The SMILES string of the molecule is Cc1ccc(-c2nc3sc4c(c3c(=O)[nH]2)CC[C@H](C)C4)cc1. The molecule has 0 unspecified atom stereocenters. The van der Waals surface area contributed by atoms with Gasteiger partial charge in [-0.15, -0.1) is 11.3 Å². The average Bonchev–Trinajstić information content (AvgIpc) is 2.85. The van der Waals surface area contributed by atoms with E-state index in [0.717, 1.165) is 35.0 Å². The number of aryl methyl sites for hydroxylation is 2. The zero-order chi connectivity index (χ0) is 15.3. The van der Waals surface area contributed by atoms with Gasteiger partial charge < -0.3 is 4.98 Å². The number of hydrogen-bond donors (Lipinski definition) is 1. The number of nitrogens with zero attached hydrogens (tertiary/aromatic N) is 1. The maximum Gasteiger partial charge on any atom is 0.260 e. The van der Waals surface area contributed by atoms with E-state index >= 15 is 0 Å². The van der Waals surface area contributed by atoms with Crippen molar-refractivity contribution < 1.29 is 0 Å². The topological polar surface area (TPSA) is 45.8 Å². The Balaban J connectivity index is 1.90. The molecule has 0 fully saturated rings. The molecule has 1 aromatic carbocycles. The molecule has 4 rings (SSSR count). The molecule has 112 valence electrons. The average molecular weight is 310 g/mol. The fourth-order valence-corrected chi connectivity index (χ4v) is 4.58. The molecule has 3 nitrogen and oxygen atoms in total. The molecule has 3 aromatic rings. The predicted molar refractivity (Wildman–Crippen MR) is 91.6 cm³/mol. The summed E-state index contributed by atoms with van der Waals surface area (Å²) in [5.41, 5.74) is 3.41. The minimum absolute atomic E-state index is 0.00706. The minimum Gasteiger partial charge on any atom is -0.306 e. The first-order valence-corrected chi connectivity index (χ1v) is 8.55. The Kier molecular flexibility index (Phi) is 3.15. The normalized spacial score (nSPS) is 17.6. The van der Waals surface area contributed by atoms with Crippen LogP contribution in [-0.4, -0.2) is 9.97 Å². The zero-order valence-corrected chi connectivity index (χ0v) is 13.6. The summed E-state index contributed by atoms with van der Waals surface area (Å²) in [6, 6.07) is 8.10. The monoisotopic (exact) mass is 310 g/mol. The van der Waals surface area contributed by atoms with E-state index in [1.54, 1.807) is 11.3 Å². The second-order valence-corrected chi connectivity index (χ2v) is 7.40. The molecule has 0 saturated carbocycles. The molecule has 0 radical (unpaired) electrons. The van der Waals surface area contributed by atoms with E-state index < -0.39 is 0 Å². The van der Waals surface area contributed by atoms with E-state index in [4.69, 9.17) is 4.98 Å². The summed E-state index contributed by atoms with van der Waals surface area (Å²) in [7, 11) is 0. The molecule has 22 heavy (non-hydrogen) atoms. The van der Waals surface area contributed by atoms with E-state index in [0.29, 0.717) is 11.7 Å². The number of benzene rings is 1. The Bertz CT molecular complexity index is 905. The van der Waals surface area contributed by atoms with Crippen molar-refractivity contribution in [3.05, 3.63) is 50.6 Å². The highest BCUT2D eigenvalue weighted by Gasteiger charge is 2.23. The summed E-state index contributed by atoms with van der Waals surface area (Å²) >= 11 is 1.70. The third kappa shape index (κ3) is 2.18. The van der Waals surface area contributed by atoms with Gasteiger partial charge in [0, 0.05) is 10.4 Å². The highest BCUT2D eigenvalue weighted by atomic mass is 32.1. The molecule has 1 aliphatic carbocycles. The van der Waals surface area contributed by atoms with E-state index in [2.05, 4.69) is 18.8 Å².